The minimum Gasteiger partial charge on any atom is -0.490 e. The molecule has 5 heteroatoms. The lowest BCUT2D eigenvalue weighted by molar-refractivity contribution is 0.294. The van der Waals surface area contributed by atoms with E-state index in [0.717, 1.165) is 18.9 Å². The van der Waals surface area contributed by atoms with Gasteiger partial charge in [-0.3, -0.25) is 0 Å². The summed E-state index contributed by atoms with van der Waals surface area (Å²) in [6, 6.07) is 1.41. The monoisotopic (exact) mass is 319 g/mol. The normalized spacial score (nSPS) is 19.3. The van der Waals surface area contributed by atoms with E-state index in [4.69, 9.17) is 4.74 Å². The molecule has 0 radical (unpaired) electrons. The highest BCUT2D eigenvalue weighted by molar-refractivity contribution is 9.10. The number of halogens is 3. The molecule has 1 atom stereocenters. The van der Waals surface area contributed by atoms with Gasteiger partial charge in [0, 0.05) is 22.1 Å². The minimum atomic E-state index is -0.898. The number of hydrogen-bond acceptors (Lipinski definition) is 2. The summed E-state index contributed by atoms with van der Waals surface area (Å²) >= 11 is 3.31. The molecule has 1 heterocycles. The summed E-state index contributed by atoms with van der Waals surface area (Å²) in [5.74, 6) is -1.74. The molecule has 1 unspecified atom stereocenters. The van der Waals surface area contributed by atoms with E-state index < -0.39 is 11.6 Å². The van der Waals surface area contributed by atoms with E-state index >= 15 is 0 Å². The molecule has 2 rings (SSSR count). The van der Waals surface area contributed by atoms with Gasteiger partial charge in [-0.2, -0.15) is 4.39 Å². The Morgan fingerprint density at radius 1 is 1.44 bits per heavy atom. The van der Waals surface area contributed by atoms with Crippen LogP contribution in [0, 0.1) is 11.6 Å². The summed E-state index contributed by atoms with van der Waals surface area (Å²) in [5, 5.41) is 3.37. The van der Waals surface area contributed by atoms with Gasteiger partial charge in [0.2, 0.25) is 5.82 Å². The van der Waals surface area contributed by atoms with Crippen LogP contribution in [0.1, 0.15) is 38.3 Å². The van der Waals surface area contributed by atoms with Gasteiger partial charge in [0.15, 0.2) is 11.6 Å². The van der Waals surface area contributed by atoms with Gasteiger partial charge in [0.1, 0.15) is 0 Å². The summed E-state index contributed by atoms with van der Waals surface area (Å²) in [4.78, 5) is 0. The zero-order valence-corrected chi connectivity index (χ0v) is 12.0. The molecule has 0 aromatic heterocycles. The first-order valence-corrected chi connectivity index (χ1v) is 6.86. The van der Waals surface area contributed by atoms with Crippen molar-refractivity contribution in [2.45, 2.75) is 38.8 Å². The number of nitrogens with one attached hydrogen (secondary N) is 1. The molecular formula is C13H16BrF2NO. The van der Waals surface area contributed by atoms with Crippen molar-refractivity contribution in [1.82, 2.24) is 5.32 Å². The van der Waals surface area contributed by atoms with Crippen LogP contribution in [0.4, 0.5) is 8.78 Å². The van der Waals surface area contributed by atoms with E-state index in [0.29, 0.717) is 16.6 Å². The maximum atomic E-state index is 13.8. The van der Waals surface area contributed by atoms with Gasteiger partial charge in [-0.15, -0.1) is 0 Å². The number of fused-ring (bicyclic) bond motifs is 1. The molecule has 0 saturated carbocycles. The van der Waals surface area contributed by atoms with E-state index in [2.05, 4.69) is 21.2 Å². The molecule has 1 N–H and O–H groups in total. The van der Waals surface area contributed by atoms with Gasteiger partial charge in [-0.25, -0.2) is 4.39 Å². The Bertz CT molecular complexity index is 451. The highest BCUT2D eigenvalue weighted by atomic mass is 79.9. The number of ether oxygens (including phenoxy) is 1. The van der Waals surface area contributed by atoms with Crippen molar-refractivity contribution >= 4 is 15.9 Å². The Morgan fingerprint density at radius 3 is 2.83 bits per heavy atom. The smallest absolute Gasteiger partial charge is 0.201 e. The van der Waals surface area contributed by atoms with E-state index in [1.165, 1.54) is 0 Å². The van der Waals surface area contributed by atoms with Crippen molar-refractivity contribution in [2.24, 2.45) is 0 Å². The Kier molecular flexibility index (Phi) is 4.22. The molecular weight excluding hydrogens is 304 g/mol. The van der Waals surface area contributed by atoms with Gasteiger partial charge in [-0.05, 0) is 18.9 Å². The molecule has 1 aromatic carbocycles. The molecule has 18 heavy (non-hydrogen) atoms. The van der Waals surface area contributed by atoms with E-state index in [1.54, 1.807) is 0 Å². The van der Waals surface area contributed by atoms with Crippen molar-refractivity contribution in [3.05, 3.63) is 27.7 Å². The van der Waals surface area contributed by atoms with E-state index in [-0.39, 0.29) is 17.8 Å². The predicted octanol–water partition coefficient (Wildman–Crippen LogP) is 3.94. The Labute approximate surface area is 114 Å². The van der Waals surface area contributed by atoms with E-state index in [9.17, 15) is 8.78 Å². The first-order valence-electron chi connectivity index (χ1n) is 6.07. The third-order valence-electron chi connectivity index (χ3n) is 2.93. The van der Waals surface area contributed by atoms with Crippen LogP contribution in [0.25, 0.3) is 0 Å². The predicted molar refractivity (Wildman–Crippen MR) is 69.8 cm³/mol. The fourth-order valence-electron chi connectivity index (χ4n) is 2.23. The minimum absolute atomic E-state index is 0.0213. The maximum absolute atomic E-state index is 13.8. The maximum Gasteiger partial charge on any atom is 0.201 e. The van der Waals surface area contributed by atoms with Crippen molar-refractivity contribution in [3.8, 4) is 5.75 Å². The van der Waals surface area contributed by atoms with E-state index in [1.807, 2.05) is 13.8 Å². The van der Waals surface area contributed by atoms with Crippen molar-refractivity contribution in [1.29, 1.82) is 0 Å². The lowest BCUT2D eigenvalue weighted by atomic mass is 10.0. The zero-order chi connectivity index (χ0) is 13.3. The second-order valence-electron chi connectivity index (χ2n) is 4.76. The van der Waals surface area contributed by atoms with Gasteiger partial charge in [0.05, 0.1) is 6.61 Å². The largest absolute Gasteiger partial charge is 0.490 e. The van der Waals surface area contributed by atoms with Crippen molar-refractivity contribution in [2.75, 3.05) is 6.61 Å². The second-order valence-corrected chi connectivity index (χ2v) is 5.62. The quantitative estimate of drug-likeness (QED) is 0.834. The van der Waals surface area contributed by atoms with Crippen molar-refractivity contribution in [3.63, 3.8) is 0 Å². The van der Waals surface area contributed by atoms with Crippen molar-refractivity contribution < 1.29 is 13.5 Å². The third kappa shape index (κ3) is 2.67. The molecule has 2 nitrogen and oxygen atoms in total. The molecule has 0 bridgehead atoms. The summed E-state index contributed by atoms with van der Waals surface area (Å²) in [6.07, 6.45) is 1.65. The molecule has 0 fully saturated rings. The summed E-state index contributed by atoms with van der Waals surface area (Å²) in [5.41, 5.74) is 0.681. The average molecular weight is 320 g/mol. The standard InChI is InChI=1S/C13H16BrF2NO/c1-7(2)17-10-4-3-5-18-13-11(10)8(14)6-9(15)12(13)16/h6-7,10,17H,3-5H2,1-2H3. The number of benzene rings is 1. The molecule has 1 aromatic rings. The van der Waals surface area contributed by atoms with Crippen LogP contribution in [-0.4, -0.2) is 12.6 Å². The third-order valence-corrected chi connectivity index (χ3v) is 3.59. The van der Waals surface area contributed by atoms with Gasteiger partial charge in [-0.1, -0.05) is 29.8 Å². The highest BCUT2D eigenvalue weighted by Crippen LogP contribution is 2.40. The fraction of sp³-hybridized carbons (Fsp3) is 0.538. The number of rotatable bonds is 2. The SMILES string of the molecule is CC(C)NC1CCCOc2c(F)c(F)cc(Br)c21. The molecule has 0 aliphatic carbocycles. The molecule has 1 aliphatic heterocycles. The molecule has 100 valence electrons. The molecule has 0 saturated heterocycles. The Morgan fingerprint density at radius 2 is 2.17 bits per heavy atom. The highest BCUT2D eigenvalue weighted by Gasteiger charge is 2.27. The number of hydrogen-bond donors (Lipinski definition) is 1. The Balaban J connectivity index is 2.50. The summed E-state index contributed by atoms with van der Waals surface area (Å²) < 4.78 is 33.1. The first kappa shape index (κ1) is 13.7. The lowest BCUT2D eigenvalue weighted by Crippen LogP contribution is -2.28. The molecule has 1 aliphatic rings. The summed E-state index contributed by atoms with van der Waals surface area (Å²) in [6.45, 7) is 4.47. The summed E-state index contributed by atoms with van der Waals surface area (Å²) in [7, 11) is 0. The topological polar surface area (TPSA) is 21.3 Å². The fourth-order valence-corrected chi connectivity index (χ4v) is 2.89. The Hall–Kier alpha value is -0.680. The zero-order valence-electron chi connectivity index (χ0n) is 10.4. The second kappa shape index (κ2) is 5.53. The van der Waals surface area contributed by atoms with Gasteiger partial charge < -0.3 is 10.1 Å². The van der Waals surface area contributed by atoms with Crippen LogP contribution in [0.5, 0.6) is 5.75 Å². The first-order chi connectivity index (χ1) is 8.50. The van der Waals surface area contributed by atoms with Crippen LogP contribution < -0.4 is 10.1 Å². The van der Waals surface area contributed by atoms with Crippen LogP contribution in [0.3, 0.4) is 0 Å². The average Bonchev–Trinajstić information content (AvgIpc) is 2.48. The molecule has 0 spiro atoms. The van der Waals surface area contributed by atoms with Crippen LogP contribution in [0.2, 0.25) is 0 Å². The van der Waals surface area contributed by atoms with Crippen LogP contribution >= 0.6 is 15.9 Å². The lowest BCUT2D eigenvalue weighted by Gasteiger charge is -2.22. The molecule has 0 amide bonds. The van der Waals surface area contributed by atoms with Crippen LogP contribution in [0.15, 0.2) is 10.5 Å². The van der Waals surface area contributed by atoms with Crippen LogP contribution in [-0.2, 0) is 0 Å². The van der Waals surface area contributed by atoms with Gasteiger partial charge >= 0.3 is 0 Å². The van der Waals surface area contributed by atoms with Gasteiger partial charge in [0.25, 0.3) is 0 Å².